The number of methoxy groups -OCH3 is 1. The molecule has 3 N–H and O–H groups in total. The second kappa shape index (κ2) is 11.9. The molecule has 0 aliphatic rings. The van der Waals surface area contributed by atoms with Gasteiger partial charge in [0, 0.05) is 30.0 Å². The molecule has 10 heteroatoms. The summed E-state index contributed by atoms with van der Waals surface area (Å²) < 4.78 is 8.63. The fraction of sp³-hybridized carbons (Fsp3) is 0.0667. The van der Waals surface area contributed by atoms with Gasteiger partial charge in [0.2, 0.25) is 0 Å². The molecule has 4 heterocycles. The van der Waals surface area contributed by atoms with Gasteiger partial charge in [-0.3, -0.25) is 9.59 Å². The predicted octanol–water partition coefficient (Wildman–Crippen LogP) is 4.67. The second-order valence-electron chi connectivity index (χ2n) is 8.69. The summed E-state index contributed by atoms with van der Waals surface area (Å²) >= 11 is 0. The summed E-state index contributed by atoms with van der Waals surface area (Å²) in [6.07, 6.45) is 6.85. The van der Waals surface area contributed by atoms with Crippen LogP contribution in [0.15, 0.2) is 110 Å². The Morgan fingerprint density at radius 2 is 1.20 bits per heavy atom. The smallest absolute Gasteiger partial charge is 0.275 e. The average molecular weight is 535 g/mol. The lowest BCUT2D eigenvalue weighted by Gasteiger charge is -2.01. The number of benzene rings is 2. The van der Waals surface area contributed by atoms with Gasteiger partial charge in [0.15, 0.2) is 0 Å². The Balaban J connectivity index is 0.000000161. The highest BCUT2D eigenvalue weighted by Crippen LogP contribution is 2.15. The maximum absolute atomic E-state index is 12.1. The number of rotatable bonds is 6. The van der Waals surface area contributed by atoms with Gasteiger partial charge in [-0.1, -0.05) is 42.5 Å². The number of anilines is 2. The number of aliphatic hydroxyl groups excluding tert-OH is 1. The van der Waals surface area contributed by atoms with Gasteiger partial charge in [-0.15, -0.1) is 0 Å². The Kier molecular flexibility index (Phi) is 7.79. The van der Waals surface area contributed by atoms with E-state index in [2.05, 4.69) is 20.6 Å². The van der Waals surface area contributed by atoms with Gasteiger partial charge < -0.3 is 29.3 Å². The molecule has 0 aliphatic carbocycles. The Bertz CT molecular complexity index is 1630. The van der Waals surface area contributed by atoms with E-state index >= 15 is 0 Å². The molecule has 6 rings (SSSR count). The van der Waals surface area contributed by atoms with E-state index in [4.69, 9.17) is 9.84 Å². The maximum atomic E-state index is 12.1. The minimum atomic E-state index is -0.259. The van der Waals surface area contributed by atoms with Crippen LogP contribution in [0.3, 0.4) is 0 Å². The van der Waals surface area contributed by atoms with Crippen molar-refractivity contribution in [1.82, 2.24) is 18.8 Å². The molecular formula is C30H26N6O4. The van der Waals surface area contributed by atoms with Crippen LogP contribution in [0.2, 0.25) is 0 Å². The highest BCUT2D eigenvalue weighted by molar-refractivity contribution is 6.03. The third kappa shape index (κ3) is 6.14. The molecule has 2 aromatic carbocycles. The molecule has 200 valence electrons. The van der Waals surface area contributed by atoms with Crippen molar-refractivity contribution in [3.8, 4) is 5.75 Å². The van der Waals surface area contributed by atoms with Crippen LogP contribution < -0.4 is 15.4 Å². The minimum absolute atomic E-state index is 0.0420. The molecule has 10 nitrogen and oxygen atoms in total. The number of ether oxygens (including phenoxy) is 1. The highest BCUT2D eigenvalue weighted by atomic mass is 16.5. The van der Waals surface area contributed by atoms with E-state index in [0.29, 0.717) is 28.4 Å². The lowest BCUT2D eigenvalue weighted by atomic mass is 10.3. The molecule has 0 unspecified atom stereocenters. The van der Waals surface area contributed by atoms with Crippen molar-refractivity contribution >= 4 is 34.5 Å². The van der Waals surface area contributed by atoms with Crippen molar-refractivity contribution in [1.29, 1.82) is 0 Å². The van der Waals surface area contributed by atoms with Gasteiger partial charge >= 0.3 is 0 Å². The number of imidazole rings is 2. The van der Waals surface area contributed by atoms with E-state index in [1.165, 1.54) is 0 Å². The summed E-state index contributed by atoms with van der Waals surface area (Å²) in [6, 6.07) is 25.7. The monoisotopic (exact) mass is 534 g/mol. The third-order valence-electron chi connectivity index (χ3n) is 5.88. The van der Waals surface area contributed by atoms with E-state index in [9.17, 15) is 9.59 Å². The fourth-order valence-electron chi connectivity index (χ4n) is 3.88. The van der Waals surface area contributed by atoms with Crippen molar-refractivity contribution < 1.29 is 19.4 Å². The molecule has 0 saturated heterocycles. The second-order valence-corrected chi connectivity index (χ2v) is 8.69. The summed E-state index contributed by atoms with van der Waals surface area (Å²) in [4.78, 5) is 32.8. The van der Waals surface area contributed by atoms with E-state index in [1.807, 2.05) is 60.7 Å². The van der Waals surface area contributed by atoms with Gasteiger partial charge in [-0.25, -0.2) is 9.97 Å². The van der Waals surface area contributed by atoms with Crippen LogP contribution >= 0.6 is 0 Å². The summed E-state index contributed by atoms with van der Waals surface area (Å²) in [6.45, 7) is -0.0420. The topological polar surface area (TPSA) is 122 Å². The number of nitrogens with one attached hydrogen (secondary N) is 2. The quantitative estimate of drug-likeness (QED) is 0.285. The molecule has 2 amide bonds. The number of nitrogens with zero attached hydrogens (tertiary/aromatic N) is 4. The Morgan fingerprint density at radius 3 is 1.70 bits per heavy atom. The molecule has 0 spiro atoms. The van der Waals surface area contributed by atoms with Crippen molar-refractivity contribution in [2.75, 3.05) is 17.7 Å². The number of carbonyl (C=O) groups is 2. The molecule has 0 saturated carbocycles. The third-order valence-corrected chi connectivity index (χ3v) is 5.88. The Hall–Kier alpha value is -5.48. The normalized spacial score (nSPS) is 10.6. The number of hydrogen-bond donors (Lipinski definition) is 3. The summed E-state index contributed by atoms with van der Waals surface area (Å²) in [5.41, 5.74) is 4.30. The molecule has 6 aromatic rings. The molecule has 0 fully saturated rings. The van der Waals surface area contributed by atoms with Crippen LogP contribution in [0.1, 0.15) is 26.5 Å². The van der Waals surface area contributed by atoms with E-state index in [-0.39, 0.29) is 18.4 Å². The zero-order chi connectivity index (χ0) is 27.9. The summed E-state index contributed by atoms with van der Waals surface area (Å²) in [7, 11) is 1.60. The number of aliphatic hydroxyl groups is 1. The zero-order valence-electron chi connectivity index (χ0n) is 21.6. The van der Waals surface area contributed by atoms with E-state index in [1.54, 1.807) is 65.0 Å². The lowest BCUT2D eigenvalue weighted by Crippen LogP contribution is -2.11. The largest absolute Gasteiger partial charge is 0.495 e. The summed E-state index contributed by atoms with van der Waals surface area (Å²) in [5.74, 6) is 0.217. The summed E-state index contributed by atoms with van der Waals surface area (Å²) in [5, 5.41) is 14.7. The molecule has 0 bridgehead atoms. The average Bonchev–Trinajstić information content (AvgIpc) is 3.62. The first-order valence-corrected chi connectivity index (χ1v) is 12.4. The van der Waals surface area contributed by atoms with Crippen LogP contribution in [0.4, 0.5) is 11.4 Å². The van der Waals surface area contributed by atoms with Crippen LogP contribution in [-0.2, 0) is 6.61 Å². The Labute approximate surface area is 229 Å². The zero-order valence-corrected chi connectivity index (χ0v) is 21.6. The standard InChI is InChI=1S/2C15H13N3O2/c1-20-12-7-8-14-17-13(10-18(14)9-12)15(19)16-11-5-3-2-4-6-11;19-10-11-6-7-14-17-13(9-18(14)8-11)15(20)16-12-4-2-1-3-5-12/h2-10H,1H3,(H,16,19);1-9,19H,10H2,(H,16,20). The number of fused-ring (bicyclic) bond motifs is 2. The minimum Gasteiger partial charge on any atom is -0.495 e. The van der Waals surface area contributed by atoms with Gasteiger partial charge in [0.05, 0.1) is 19.9 Å². The number of aromatic nitrogens is 4. The van der Waals surface area contributed by atoms with E-state index in [0.717, 1.165) is 16.9 Å². The first-order valence-electron chi connectivity index (χ1n) is 12.4. The van der Waals surface area contributed by atoms with Gasteiger partial charge in [0.25, 0.3) is 11.8 Å². The fourth-order valence-corrected chi connectivity index (χ4v) is 3.88. The van der Waals surface area contributed by atoms with Crippen LogP contribution in [0.25, 0.3) is 11.3 Å². The molecular weight excluding hydrogens is 508 g/mol. The first kappa shape index (κ1) is 26.1. The number of pyridine rings is 2. The van der Waals surface area contributed by atoms with Crippen LogP contribution in [0, 0.1) is 0 Å². The van der Waals surface area contributed by atoms with Gasteiger partial charge in [0.1, 0.15) is 28.4 Å². The number of carbonyl (C=O) groups excluding carboxylic acids is 2. The van der Waals surface area contributed by atoms with Crippen molar-refractivity contribution in [2.45, 2.75) is 6.61 Å². The molecule has 4 aromatic heterocycles. The number of para-hydroxylation sites is 2. The molecule has 0 atom stereocenters. The van der Waals surface area contributed by atoms with Gasteiger partial charge in [-0.2, -0.15) is 0 Å². The van der Waals surface area contributed by atoms with Gasteiger partial charge in [-0.05, 0) is 48.0 Å². The van der Waals surface area contributed by atoms with Crippen molar-refractivity contribution in [3.05, 3.63) is 127 Å². The van der Waals surface area contributed by atoms with Crippen molar-refractivity contribution in [3.63, 3.8) is 0 Å². The molecule has 40 heavy (non-hydrogen) atoms. The van der Waals surface area contributed by atoms with E-state index < -0.39 is 0 Å². The Morgan fingerprint density at radius 1 is 0.700 bits per heavy atom. The lowest BCUT2D eigenvalue weighted by molar-refractivity contribution is 0.101. The molecule has 0 aliphatic heterocycles. The number of hydrogen-bond acceptors (Lipinski definition) is 6. The SMILES string of the molecule is COc1ccc2nc(C(=O)Nc3ccccc3)cn2c1.O=C(Nc1ccccc1)c1cn2cc(CO)ccc2n1. The number of amides is 2. The first-order chi connectivity index (χ1) is 19.5. The highest BCUT2D eigenvalue weighted by Gasteiger charge is 2.12. The van der Waals surface area contributed by atoms with Crippen molar-refractivity contribution in [2.24, 2.45) is 0 Å². The van der Waals surface area contributed by atoms with Crippen LogP contribution in [-0.4, -0.2) is 42.8 Å². The predicted molar refractivity (Wildman–Crippen MR) is 152 cm³/mol. The van der Waals surface area contributed by atoms with Crippen LogP contribution in [0.5, 0.6) is 5.75 Å². The molecule has 0 radical (unpaired) electrons. The maximum Gasteiger partial charge on any atom is 0.275 e.